The highest BCUT2D eigenvalue weighted by molar-refractivity contribution is 5.42. The van der Waals surface area contributed by atoms with Gasteiger partial charge >= 0.3 is 0 Å². The Hall–Kier alpha value is -1.26. The summed E-state index contributed by atoms with van der Waals surface area (Å²) in [6, 6.07) is 6.78. The van der Waals surface area contributed by atoms with Crippen LogP contribution in [0.15, 0.2) is 18.2 Å². The van der Waals surface area contributed by atoms with Gasteiger partial charge in [-0.1, -0.05) is 12.5 Å². The van der Waals surface area contributed by atoms with E-state index in [0.717, 1.165) is 24.5 Å². The minimum Gasteiger partial charge on any atom is -0.493 e. The fourth-order valence-corrected chi connectivity index (χ4v) is 3.19. The first kappa shape index (κ1) is 16.1. The maximum atomic E-state index is 5.61. The molecular formula is C17H28NO3+. The summed E-state index contributed by atoms with van der Waals surface area (Å²) in [6.07, 6.45) is 6.56. The molecule has 4 heteroatoms. The first-order valence-electron chi connectivity index (χ1n) is 7.85. The van der Waals surface area contributed by atoms with Crippen LogP contribution in [0.25, 0.3) is 0 Å². The van der Waals surface area contributed by atoms with Crippen LogP contribution in [-0.4, -0.2) is 40.0 Å². The lowest BCUT2D eigenvalue weighted by Crippen LogP contribution is -2.93. The van der Waals surface area contributed by atoms with Crippen LogP contribution in [0.4, 0.5) is 0 Å². The zero-order valence-corrected chi connectivity index (χ0v) is 13.4. The maximum absolute atomic E-state index is 5.61. The summed E-state index contributed by atoms with van der Waals surface area (Å²) >= 11 is 0. The number of rotatable bonds is 7. The van der Waals surface area contributed by atoms with Gasteiger partial charge in [-0.3, -0.25) is 0 Å². The van der Waals surface area contributed by atoms with Gasteiger partial charge in [0.15, 0.2) is 11.5 Å². The van der Waals surface area contributed by atoms with Gasteiger partial charge in [0.25, 0.3) is 0 Å². The van der Waals surface area contributed by atoms with E-state index >= 15 is 0 Å². The van der Waals surface area contributed by atoms with Gasteiger partial charge in [0.1, 0.15) is 12.1 Å². The molecular weight excluding hydrogens is 266 g/mol. The van der Waals surface area contributed by atoms with Gasteiger partial charge in [0, 0.05) is 20.0 Å². The highest BCUT2D eigenvalue weighted by atomic mass is 16.5. The van der Waals surface area contributed by atoms with Gasteiger partial charge in [0.05, 0.1) is 20.8 Å². The summed E-state index contributed by atoms with van der Waals surface area (Å²) in [5, 5.41) is 2.45. The lowest BCUT2D eigenvalue weighted by molar-refractivity contribution is -0.698. The predicted molar refractivity (Wildman–Crippen MR) is 83.1 cm³/mol. The molecule has 4 nitrogen and oxygen atoms in total. The molecule has 1 saturated carbocycles. The van der Waals surface area contributed by atoms with E-state index in [1.54, 1.807) is 14.2 Å². The van der Waals surface area contributed by atoms with Gasteiger partial charge in [-0.2, -0.15) is 0 Å². The highest BCUT2D eigenvalue weighted by Gasteiger charge is 2.27. The number of nitrogens with two attached hydrogens (primary N) is 1. The normalized spacial score (nSPS) is 22.0. The molecule has 21 heavy (non-hydrogen) atoms. The third-order valence-electron chi connectivity index (χ3n) is 4.41. The second kappa shape index (κ2) is 8.25. The largest absolute Gasteiger partial charge is 0.493 e. The molecule has 2 atom stereocenters. The van der Waals surface area contributed by atoms with Crippen LogP contribution in [0.3, 0.4) is 0 Å². The minimum atomic E-state index is 0.421. The number of methoxy groups -OCH3 is 3. The van der Waals surface area contributed by atoms with E-state index in [0.29, 0.717) is 12.1 Å². The molecule has 0 aliphatic heterocycles. The number of hydrogen-bond acceptors (Lipinski definition) is 3. The Morgan fingerprint density at radius 2 is 1.81 bits per heavy atom. The van der Waals surface area contributed by atoms with Crippen LogP contribution < -0.4 is 14.8 Å². The molecule has 0 aromatic heterocycles. The molecule has 0 heterocycles. The second-order valence-corrected chi connectivity index (χ2v) is 5.69. The fourth-order valence-electron chi connectivity index (χ4n) is 3.19. The Balaban J connectivity index is 1.85. The molecule has 0 amide bonds. The van der Waals surface area contributed by atoms with E-state index in [-0.39, 0.29) is 0 Å². The zero-order valence-electron chi connectivity index (χ0n) is 13.4. The van der Waals surface area contributed by atoms with E-state index in [1.807, 2.05) is 13.2 Å². The lowest BCUT2D eigenvalue weighted by Gasteiger charge is -2.28. The zero-order chi connectivity index (χ0) is 15.1. The Kier molecular flexibility index (Phi) is 6.33. The number of benzene rings is 1. The Morgan fingerprint density at radius 1 is 1.05 bits per heavy atom. The summed E-state index contributed by atoms with van der Waals surface area (Å²) in [4.78, 5) is 0. The third-order valence-corrected chi connectivity index (χ3v) is 4.41. The average Bonchev–Trinajstić information content (AvgIpc) is 2.55. The first-order chi connectivity index (χ1) is 10.3. The summed E-state index contributed by atoms with van der Waals surface area (Å²) in [5.41, 5.74) is 1.29. The summed E-state index contributed by atoms with van der Waals surface area (Å²) in [6.45, 7) is 1.08. The maximum Gasteiger partial charge on any atom is 0.160 e. The molecule has 0 saturated heterocycles. The van der Waals surface area contributed by atoms with E-state index in [4.69, 9.17) is 14.2 Å². The van der Waals surface area contributed by atoms with Crippen molar-refractivity contribution in [3.05, 3.63) is 23.8 Å². The molecule has 1 fully saturated rings. The molecule has 118 valence electrons. The van der Waals surface area contributed by atoms with E-state index < -0.39 is 0 Å². The molecule has 1 aromatic carbocycles. The second-order valence-electron chi connectivity index (χ2n) is 5.69. The molecule has 1 aliphatic carbocycles. The van der Waals surface area contributed by atoms with Gasteiger partial charge in [-0.15, -0.1) is 0 Å². The Morgan fingerprint density at radius 3 is 2.52 bits per heavy atom. The Labute approximate surface area is 127 Å². The van der Waals surface area contributed by atoms with Gasteiger partial charge in [0.2, 0.25) is 0 Å². The third kappa shape index (κ3) is 4.35. The molecule has 0 radical (unpaired) electrons. The SMILES string of the molecule is COc1ccc(CC[NH2+][C@H]2CCCC[C@H]2OC)cc1OC. The summed E-state index contributed by atoms with van der Waals surface area (Å²) in [7, 11) is 5.18. The molecule has 1 aromatic rings. The molecule has 2 N–H and O–H groups in total. The molecule has 1 aliphatic rings. The summed E-state index contributed by atoms with van der Waals surface area (Å²) < 4.78 is 16.2. The van der Waals surface area contributed by atoms with Crippen molar-refractivity contribution in [2.45, 2.75) is 44.2 Å². The van der Waals surface area contributed by atoms with E-state index in [1.165, 1.54) is 31.2 Å². The Bertz CT molecular complexity index is 436. The molecule has 0 spiro atoms. The number of hydrogen-bond donors (Lipinski definition) is 1. The van der Waals surface area contributed by atoms with Crippen LogP contribution in [0.1, 0.15) is 31.2 Å². The first-order valence-corrected chi connectivity index (χ1v) is 7.85. The van der Waals surface area contributed by atoms with Crippen molar-refractivity contribution in [1.82, 2.24) is 0 Å². The molecule has 0 unspecified atom stereocenters. The minimum absolute atomic E-state index is 0.421. The fraction of sp³-hybridized carbons (Fsp3) is 0.647. The van der Waals surface area contributed by atoms with Crippen molar-refractivity contribution in [3.63, 3.8) is 0 Å². The van der Waals surface area contributed by atoms with Crippen molar-refractivity contribution in [3.8, 4) is 11.5 Å². The van der Waals surface area contributed by atoms with Crippen molar-refractivity contribution in [1.29, 1.82) is 0 Å². The average molecular weight is 294 g/mol. The van der Waals surface area contributed by atoms with Crippen LogP contribution in [0.5, 0.6) is 11.5 Å². The van der Waals surface area contributed by atoms with Crippen molar-refractivity contribution in [2.24, 2.45) is 0 Å². The van der Waals surface area contributed by atoms with Crippen molar-refractivity contribution in [2.75, 3.05) is 27.9 Å². The highest BCUT2D eigenvalue weighted by Crippen LogP contribution is 2.27. The van der Waals surface area contributed by atoms with Crippen LogP contribution in [-0.2, 0) is 11.2 Å². The van der Waals surface area contributed by atoms with Crippen LogP contribution >= 0.6 is 0 Å². The monoisotopic (exact) mass is 294 g/mol. The predicted octanol–water partition coefficient (Wildman–Crippen LogP) is 1.77. The quantitative estimate of drug-likeness (QED) is 0.833. The molecule has 0 bridgehead atoms. The van der Waals surface area contributed by atoms with Gasteiger partial charge < -0.3 is 19.5 Å². The van der Waals surface area contributed by atoms with Crippen molar-refractivity contribution < 1.29 is 19.5 Å². The topological polar surface area (TPSA) is 44.3 Å². The van der Waals surface area contributed by atoms with Gasteiger partial charge in [-0.25, -0.2) is 0 Å². The lowest BCUT2D eigenvalue weighted by atomic mass is 9.92. The number of quaternary nitrogens is 1. The van der Waals surface area contributed by atoms with Crippen LogP contribution in [0.2, 0.25) is 0 Å². The summed E-state index contributed by atoms with van der Waals surface area (Å²) in [5.74, 6) is 1.60. The van der Waals surface area contributed by atoms with Crippen LogP contribution in [0, 0.1) is 0 Å². The number of ether oxygens (including phenoxy) is 3. The van der Waals surface area contributed by atoms with Gasteiger partial charge in [-0.05, 0) is 30.5 Å². The molecule has 2 rings (SSSR count). The smallest absolute Gasteiger partial charge is 0.160 e. The standard InChI is InChI=1S/C17H27NO3/c1-19-15-7-5-4-6-14(15)18-11-10-13-8-9-16(20-2)17(12-13)21-3/h8-9,12,14-15,18H,4-7,10-11H2,1-3H3/p+1/t14-,15+/m0/s1. The van der Waals surface area contributed by atoms with Crippen molar-refractivity contribution >= 4 is 0 Å². The van der Waals surface area contributed by atoms with E-state index in [2.05, 4.69) is 17.4 Å². The van der Waals surface area contributed by atoms with E-state index in [9.17, 15) is 0 Å².